The Morgan fingerprint density at radius 2 is 2.38 bits per heavy atom. The van der Waals surface area contributed by atoms with Gasteiger partial charge in [0.05, 0.1) is 30.0 Å². The summed E-state index contributed by atoms with van der Waals surface area (Å²) in [5, 5.41) is 2.74. The molecule has 2 rings (SSSR count). The lowest BCUT2D eigenvalue weighted by Crippen LogP contribution is -2.23. The van der Waals surface area contributed by atoms with Crippen molar-refractivity contribution in [2.24, 2.45) is 0 Å². The molecule has 0 saturated carbocycles. The summed E-state index contributed by atoms with van der Waals surface area (Å²) in [5.74, 6) is -0.221. The van der Waals surface area contributed by atoms with E-state index in [1.807, 2.05) is 0 Å². The molecule has 0 aliphatic rings. The van der Waals surface area contributed by atoms with E-state index in [2.05, 4.69) is 10.3 Å². The second-order valence-electron chi connectivity index (χ2n) is 3.28. The fraction of sp³-hybridized carbons (Fsp3) is 0.0909. The Kier molecular flexibility index (Phi) is 2.86. The van der Waals surface area contributed by atoms with Gasteiger partial charge in [-0.3, -0.25) is 9.78 Å². The van der Waals surface area contributed by atoms with E-state index in [4.69, 9.17) is 10.2 Å². The largest absolute Gasteiger partial charge is 0.472 e. The zero-order chi connectivity index (χ0) is 11.4. The van der Waals surface area contributed by atoms with Crippen LogP contribution in [0, 0.1) is 0 Å². The van der Waals surface area contributed by atoms with Crippen LogP contribution in [0.4, 0.5) is 5.69 Å². The third-order valence-corrected chi connectivity index (χ3v) is 2.13. The number of nitrogen functional groups attached to an aromatic ring is 1. The number of pyridine rings is 1. The first-order valence-corrected chi connectivity index (χ1v) is 4.76. The first-order chi connectivity index (χ1) is 7.77. The van der Waals surface area contributed by atoms with Crippen molar-refractivity contribution < 1.29 is 9.21 Å². The van der Waals surface area contributed by atoms with Gasteiger partial charge in [0.15, 0.2) is 0 Å². The second-order valence-corrected chi connectivity index (χ2v) is 3.28. The van der Waals surface area contributed by atoms with Crippen LogP contribution in [0.1, 0.15) is 15.9 Å². The molecule has 0 fully saturated rings. The molecule has 1 amide bonds. The number of furan rings is 1. The van der Waals surface area contributed by atoms with E-state index in [9.17, 15) is 4.79 Å². The smallest absolute Gasteiger partial charge is 0.253 e. The molecule has 0 unspecified atom stereocenters. The molecule has 3 N–H and O–H groups in total. The first-order valence-electron chi connectivity index (χ1n) is 4.76. The van der Waals surface area contributed by atoms with Crippen LogP contribution < -0.4 is 11.1 Å². The number of nitrogens with two attached hydrogens (primary N) is 1. The lowest BCUT2D eigenvalue weighted by molar-refractivity contribution is 0.0951. The van der Waals surface area contributed by atoms with Crippen molar-refractivity contribution >= 4 is 11.6 Å². The molecule has 5 heteroatoms. The van der Waals surface area contributed by atoms with E-state index >= 15 is 0 Å². The average Bonchev–Trinajstić information content (AvgIpc) is 2.79. The van der Waals surface area contributed by atoms with Gasteiger partial charge in [-0.05, 0) is 12.1 Å². The lowest BCUT2D eigenvalue weighted by Gasteiger charge is -2.05. The Morgan fingerprint density at radius 1 is 1.50 bits per heavy atom. The number of nitrogens with zero attached hydrogens (tertiary/aromatic N) is 1. The minimum Gasteiger partial charge on any atom is -0.472 e. The molecule has 5 nitrogen and oxygen atoms in total. The Morgan fingerprint density at radius 3 is 3.06 bits per heavy atom. The number of anilines is 1. The van der Waals surface area contributed by atoms with Gasteiger partial charge in [0.2, 0.25) is 0 Å². The Hall–Kier alpha value is -2.30. The van der Waals surface area contributed by atoms with E-state index in [0.717, 1.165) is 5.56 Å². The highest BCUT2D eigenvalue weighted by Gasteiger charge is 2.08. The van der Waals surface area contributed by atoms with Gasteiger partial charge in [-0.1, -0.05) is 0 Å². The van der Waals surface area contributed by atoms with Gasteiger partial charge in [-0.2, -0.15) is 0 Å². The Balaban J connectivity index is 2.01. The number of amides is 1. The quantitative estimate of drug-likeness (QED) is 0.809. The Bertz CT molecular complexity index is 480. The maximum Gasteiger partial charge on any atom is 0.253 e. The minimum atomic E-state index is -0.221. The molecular weight excluding hydrogens is 206 g/mol. The molecule has 0 saturated heterocycles. The second kappa shape index (κ2) is 4.48. The molecule has 2 heterocycles. The summed E-state index contributed by atoms with van der Waals surface area (Å²) in [5.41, 5.74) is 7.33. The van der Waals surface area contributed by atoms with Crippen LogP contribution in [-0.4, -0.2) is 10.9 Å². The molecule has 0 aliphatic carbocycles. The highest BCUT2D eigenvalue weighted by atomic mass is 16.3. The summed E-state index contributed by atoms with van der Waals surface area (Å²) in [4.78, 5) is 15.5. The summed E-state index contributed by atoms with van der Waals surface area (Å²) in [7, 11) is 0. The van der Waals surface area contributed by atoms with Gasteiger partial charge < -0.3 is 15.5 Å². The number of carbonyl (C=O) groups excluding carboxylic acids is 1. The molecule has 0 bridgehead atoms. The van der Waals surface area contributed by atoms with Crippen LogP contribution in [0.5, 0.6) is 0 Å². The summed E-state index contributed by atoms with van der Waals surface area (Å²) < 4.78 is 4.89. The van der Waals surface area contributed by atoms with Crippen LogP contribution >= 0.6 is 0 Å². The van der Waals surface area contributed by atoms with Crippen molar-refractivity contribution in [1.29, 1.82) is 0 Å². The molecule has 0 atom stereocenters. The molecule has 82 valence electrons. The zero-order valence-electron chi connectivity index (χ0n) is 8.51. The summed E-state index contributed by atoms with van der Waals surface area (Å²) in [6, 6.07) is 3.37. The van der Waals surface area contributed by atoms with Gasteiger partial charge >= 0.3 is 0 Å². The number of rotatable bonds is 3. The van der Waals surface area contributed by atoms with E-state index in [1.165, 1.54) is 12.4 Å². The highest BCUT2D eigenvalue weighted by Crippen LogP contribution is 2.08. The maximum absolute atomic E-state index is 11.7. The third-order valence-electron chi connectivity index (χ3n) is 2.13. The normalized spacial score (nSPS) is 10.0. The van der Waals surface area contributed by atoms with Gasteiger partial charge in [-0.15, -0.1) is 0 Å². The summed E-state index contributed by atoms with van der Waals surface area (Å²) in [6.07, 6.45) is 6.12. The van der Waals surface area contributed by atoms with E-state index in [0.29, 0.717) is 17.8 Å². The van der Waals surface area contributed by atoms with E-state index in [1.54, 1.807) is 24.7 Å². The molecule has 2 aromatic rings. The third kappa shape index (κ3) is 2.20. The van der Waals surface area contributed by atoms with Gasteiger partial charge in [0, 0.05) is 18.3 Å². The standard InChI is InChI=1S/C11H11N3O2/c12-10-6-13-3-1-9(10)11(15)14-5-8-2-4-16-7-8/h1-4,6-7H,5,12H2,(H,14,15). The molecule has 0 radical (unpaired) electrons. The monoisotopic (exact) mass is 217 g/mol. The fourth-order valence-electron chi connectivity index (χ4n) is 1.28. The van der Waals surface area contributed by atoms with Crippen LogP contribution in [0.25, 0.3) is 0 Å². The van der Waals surface area contributed by atoms with Crippen LogP contribution in [0.15, 0.2) is 41.5 Å². The number of carbonyl (C=O) groups is 1. The average molecular weight is 217 g/mol. The minimum absolute atomic E-state index is 0.221. The van der Waals surface area contributed by atoms with Crippen molar-refractivity contribution in [2.75, 3.05) is 5.73 Å². The zero-order valence-corrected chi connectivity index (χ0v) is 8.51. The topological polar surface area (TPSA) is 81.1 Å². The molecule has 0 aromatic carbocycles. The summed E-state index contributed by atoms with van der Waals surface area (Å²) in [6.45, 7) is 0.414. The van der Waals surface area contributed by atoms with Gasteiger partial charge in [-0.25, -0.2) is 0 Å². The van der Waals surface area contributed by atoms with E-state index < -0.39 is 0 Å². The number of hydrogen-bond donors (Lipinski definition) is 2. The summed E-state index contributed by atoms with van der Waals surface area (Å²) >= 11 is 0. The molecule has 0 spiro atoms. The molecule has 0 aliphatic heterocycles. The molecule has 16 heavy (non-hydrogen) atoms. The van der Waals surface area contributed by atoms with Crippen molar-refractivity contribution in [3.63, 3.8) is 0 Å². The maximum atomic E-state index is 11.7. The number of hydrogen-bond acceptors (Lipinski definition) is 4. The van der Waals surface area contributed by atoms with Gasteiger partial charge in [0.25, 0.3) is 5.91 Å². The van der Waals surface area contributed by atoms with Crippen molar-refractivity contribution in [1.82, 2.24) is 10.3 Å². The molecule has 2 aromatic heterocycles. The Labute approximate surface area is 92.3 Å². The van der Waals surface area contributed by atoms with Gasteiger partial charge in [0.1, 0.15) is 0 Å². The number of nitrogens with one attached hydrogen (secondary N) is 1. The van der Waals surface area contributed by atoms with Crippen LogP contribution in [0.3, 0.4) is 0 Å². The SMILES string of the molecule is Nc1cnccc1C(=O)NCc1ccoc1. The van der Waals surface area contributed by atoms with Crippen molar-refractivity contribution in [2.45, 2.75) is 6.54 Å². The fourth-order valence-corrected chi connectivity index (χ4v) is 1.28. The van der Waals surface area contributed by atoms with Crippen molar-refractivity contribution in [3.8, 4) is 0 Å². The van der Waals surface area contributed by atoms with Crippen LogP contribution in [-0.2, 0) is 6.54 Å². The van der Waals surface area contributed by atoms with E-state index in [-0.39, 0.29) is 5.91 Å². The highest BCUT2D eigenvalue weighted by molar-refractivity contribution is 5.98. The lowest BCUT2D eigenvalue weighted by atomic mass is 10.2. The van der Waals surface area contributed by atoms with Crippen molar-refractivity contribution in [3.05, 3.63) is 48.2 Å². The first kappa shape index (κ1) is 10.2. The predicted octanol–water partition coefficient (Wildman–Crippen LogP) is 1.19. The molecular formula is C11H11N3O2. The predicted molar refractivity (Wildman–Crippen MR) is 58.5 cm³/mol. The van der Waals surface area contributed by atoms with Crippen LogP contribution in [0.2, 0.25) is 0 Å². The number of aromatic nitrogens is 1.